The molecular weight excluding hydrogens is 260 g/mol. The topological polar surface area (TPSA) is 93.8 Å². The summed E-state index contributed by atoms with van der Waals surface area (Å²) in [6.45, 7) is 0.840. The van der Waals surface area contributed by atoms with Crippen molar-refractivity contribution < 1.29 is 19.4 Å². The lowest BCUT2D eigenvalue weighted by molar-refractivity contribution is -0.127. The fourth-order valence-corrected chi connectivity index (χ4v) is 2.17. The molecule has 0 radical (unpaired) electrons. The molecule has 0 aliphatic carbocycles. The van der Waals surface area contributed by atoms with Gasteiger partial charge in [0.25, 0.3) is 5.91 Å². The molecule has 1 saturated heterocycles. The second-order valence-corrected chi connectivity index (χ2v) is 4.93. The number of aliphatic hydroxyl groups excluding tert-OH is 1. The van der Waals surface area contributed by atoms with Crippen molar-refractivity contribution in [1.29, 1.82) is 0 Å². The zero-order chi connectivity index (χ0) is 14.4. The second-order valence-electron chi connectivity index (χ2n) is 4.93. The number of nitrogen functional groups attached to an aromatic ring is 1. The van der Waals surface area contributed by atoms with Gasteiger partial charge in [-0.3, -0.25) is 4.79 Å². The maximum Gasteiger partial charge on any atom is 0.258 e. The zero-order valence-electron chi connectivity index (χ0n) is 11.3. The van der Waals surface area contributed by atoms with E-state index in [1.165, 1.54) is 0 Å². The number of nitrogens with one attached hydrogen (secondary N) is 1. The van der Waals surface area contributed by atoms with E-state index in [1.54, 1.807) is 24.3 Å². The fourth-order valence-electron chi connectivity index (χ4n) is 2.17. The minimum atomic E-state index is -0.596. The number of rotatable bonds is 5. The van der Waals surface area contributed by atoms with Gasteiger partial charge in [-0.2, -0.15) is 0 Å². The molecule has 1 aromatic rings. The molecule has 1 aliphatic rings. The van der Waals surface area contributed by atoms with E-state index in [9.17, 15) is 9.90 Å². The number of amides is 1. The lowest BCUT2D eigenvalue weighted by Gasteiger charge is -2.36. The van der Waals surface area contributed by atoms with Gasteiger partial charge < -0.3 is 25.6 Å². The van der Waals surface area contributed by atoms with Crippen molar-refractivity contribution in [3.63, 3.8) is 0 Å². The number of anilines is 1. The van der Waals surface area contributed by atoms with Crippen LogP contribution < -0.4 is 15.8 Å². The summed E-state index contributed by atoms with van der Waals surface area (Å²) in [5.74, 6) is 0.205. The first-order valence-corrected chi connectivity index (χ1v) is 6.62. The van der Waals surface area contributed by atoms with E-state index in [0.29, 0.717) is 37.5 Å². The molecule has 110 valence electrons. The monoisotopic (exact) mass is 280 g/mol. The summed E-state index contributed by atoms with van der Waals surface area (Å²) in [7, 11) is 0. The minimum Gasteiger partial charge on any atom is -0.482 e. The Morgan fingerprint density at radius 2 is 2.10 bits per heavy atom. The standard InChI is InChI=1S/C14H20N2O4/c15-11-3-1-2-4-12(11)20-9-13(18)16-14(10-17)5-7-19-8-6-14/h1-4,17H,5-10,15H2,(H,16,18). The first-order valence-electron chi connectivity index (χ1n) is 6.62. The van der Waals surface area contributed by atoms with Gasteiger partial charge in [-0.05, 0) is 25.0 Å². The smallest absolute Gasteiger partial charge is 0.258 e. The van der Waals surface area contributed by atoms with Gasteiger partial charge in [-0.25, -0.2) is 0 Å². The summed E-state index contributed by atoms with van der Waals surface area (Å²) in [6.07, 6.45) is 1.20. The Hall–Kier alpha value is -1.79. The molecule has 1 heterocycles. The van der Waals surface area contributed by atoms with Crippen molar-refractivity contribution in [2.75, 3.05) is 32.2 Å². The molecule has 6 nitrogen and oxygen atoms in total. The van der Waals surface area contributed by atoms with E-state index >= 15 is 0 Å². The summed E-state index contributed by atoms with van der Waals surface area (Å²) < 4.78 is 10.6. The number of benzene rings is 1. The maximum absolute atomic E-state index is 11.9. The van der Waals surface area contributed by atoms with Crippen LogP contribution in [-0.4, -0.2) is 43.0 Å². The highest BCUT2D eigenvalue weighted by Gasteiger charge is 2.33. The average Bonchev–Trinajstić information content (AvgIpc) is 2.47. The zero-order valence-corrected chi connectivity index (χ0v) is 11.3. The number of para-hydroxylation sites is 2. The summed E-state index contributed by atoms with van der Waals surface area (Å²) in [4.78, 5) is 11.9. The van der Waals surface area contributed by atoms with E-state index in [2.05, 4.69) is 5.32 Å². The fraction of sp³-hybridized carbons (Fsp3) is 0.500. The lowest BCUT2D eigenvalue weighted by atomic mass is 9.91. The molecule has 6 heteroatoms. The highest BCUT2D eigenvalue weighted by Crippen LogP contribution is 2.21. The van der Waals surface area contributed by atoms with Crippen LogP contribution in [0.2, 0.25) is 0 Å². The van der Waals surface area contributed by atoms with Crippen LogP contribution in [0.3, 0.4) is 0 Å². The van der Waals surface area contributed by atoms with Crippen molar-refractivity contribution in [3.8, 4) is 5.75 Å². The van der Waals surface area contributed by atoms with Crippen LogP contribution in [0.5, 0.6) is 5.75 Å². The van der Waals surface area contributed by atoms with Crippen molar-refractivity contribution in [1.82, 2.24) is 5.32 Å². The molecule has 1 amide bonds. The minimum absolute atomic E-state index is 0.102. The van der Waals surface area contributed by atoms with Gasteiger partial charge in [-0.1, -0.05) is 12.1 Å². The van der Waals surface area contributed by atoms with Gasteiger partial charge in [0.2, 0.25) is 0 Å². The van der Waals surface area contributed by atoms with Crippen LogP contribution in [0.15, 0.2) is 24.3 Å². The highest BCUT2D eigenvalue weighted by atomic mass is 16.5. The van der Waals surface area contributed by atoms with Crippen LogP contribution in [0, 0.1) is 0 Å². The van der Waals surface area contributed by atoms with Gasteiger partial charge in [0, 0.05) is 13.2 Å². The maximum atomic E-state index is 11.9. The Morgan fingerprint density at radius 1 is 1.40 bits per heavy atom. The summed E-state index contributed by atoms with van der Waals surface area (Å²) in [6, 6.07) is 7.00. The summed E-state index contributed by atoms with van der Waals surface area (Å²) in [5.41, 5.74) is 5.62. The Morgan fingerprint density at radius 3 is 2.75 bits per heavy atom. The Bertz CT molecular complexity index is 458. The van der Waals surface area contributed by atoms with E-state index in [4.69, 9.17) is 15.2 Å². The number of hydrogen-bond acceptors (Lipinski definition) is 5. The van der Waals surface area contributed by atoms with Gasteiger partial charge in [0.1, 0.15) is 5.75 Å². The highest BCUT2D eigenvalue weighted by molar-refractivity contribution is 5.78. The molecule has 1 aliphatic heterocycles. The Kier molecular flexibility index (Phi) is 4.81. The van der Waals surface area contributed by atoms with Crippen molar-refractivity contribution in [2.45, 2.75) is 18.4 Å². The molecule has 0 saturated carbocycles. The van der Waals surface area contributed by atoms with Gasteiger partial charge in [-0.15, -0.1) is 0 Å². The SMILES string of the molecule is Nc1ccccc1OCC(=O)NC1(CO)CCOCC1. The van der Waals surface area contributed by atoms with E-state index in [-0.39, 0.29) is 19.1 Å². The molecule has 0 bridgehead atoms. The molecule has 2 rings (SSSR count). The van der Waals surface area contributed by atoms with Crippen molar-refractivity contribution in [2.24, 2.45) is 0 Å². The number of carbonyl (C=O) groups excluding carboxylic acids is 1. The summed E-state index contributed by atoms with van der Waals surface area (Å²) >= 11 is 0. The number of aliphatic hydroxyl groups is 1. The van der Waals surface area contributed by atoms with Crippen molar-refractivity contribution in [3.05, 3.63) is 24.3 Å². The first kappa shape index (κ1) is 14.6. The first-order chi connectivity index (χ1) is 9.65. The molecule has 4 N–H and O–H groups in total. The molecule has 0 spiro atoms. The van der Waals surface area contributed by atoms with Gasteiger partial charge in [0.05, 0.1) is 17.8 Å². The second kappa shape index (κ2) is 6.58. The van der Waals surface area contributed by atoms with Crippen molar-refractivity contribution >= 4 is 11.6 Å². The molecule has 1 fully saturated rings. The van der Waals surface area contributed by atoms with Gasteiger partial charge >= 0.3 is 0 Å². The summed E-state index contributed by atoms with van der Waals surface area (Å²) in [5, 5.41) is 12.3. The molecule has 1 aromatic carbocycles. The van der Waals surface area contributed by atoms with E-state index in [1.807, 2.05) is 0 Å². The van der Waals surface area contributed by atoms with Crippen LogP contribution in [0.4, 0.5) is 5.69 Å². The predicted molar refractivity (Wildman–Crippen MR) is 74.4 cm³/mol. The van der Waals surface area contributed by atoms with E-state index < -0.39 is 5.54 Å². The third kappa shape index (κ3) is 3.61. The number of hydrogen-bond donors (Lipinski definition) is 3. The Labute approximate surface area is 117 Å². The molecule has 0 unspecified atom stereocenters. The predicted octanol–water partition coefficient (Wildman–Crippen LogP) is 0.305. The number of carbonyl (C=O) groups is 1. The molecule has 0 aromatic heterocycles. The molecule has 0 atom stereocenters. The van der Waals surface area contributed by atoms with E-state index in [0.717, 1.165) is 0 Å². The Balaban J connectivity index is 1.87. The third-order valence-corrected chi connectivity index (χ3v) is 3.43. The molecular formula is C14H20N2O4. The van der Waals surface area contributed by atoms with Crippen LogP contribution >= 0.6 is 0 Å². The normalized spacial score (nSPS) is 17.4. The lowest BCUT2D eigenvalue weighted by Crippen LogP contribution is -2.55. The third-order valence-electron chi connectivity index (χ3n) is 3.43. The largest absolute Gasteiger partial charge is 0.482 e. The number of ether oxygens (including phenoxy) is 2. The molecule has 20 heavy (non-hydrogen) atoms. The number of nitrogens with two attached hydrogens (primary N) is 1. The van der Waals surface area contributed by atoms with Gasteiger partial charge in [0.15, 0.2) is 6.61 Å². The van der Waals surface area contributed by atoms with Crippen LogP contribution in [0.1, 0.15) is 12.8 Å². The quantitative estimate of drug-likeness (QED) is 0.675. The van der Waals surface area contributed by atoms with Crippen LogP contribution in [0.25, 0.3) is 0 Å². The van der Waals surface area contributed by atoms with Crippen LogP contribution in [-0.2, 0) is 9.53 Å². The average molecular weight is 280 g/mol.